The summed E-state index contributed by atoms with van der Waals surface area (Å²) in [5.41, 5.74) is 5.06. The van der Waals surface area contributed by atoms with E-state index >= 15 is 0 Å². The molecule has 0 saturated carbocycles. The van der Waals surface area contributed by atoms with Crippen molar-refractivity contribution in [1.82, 2.24) is 0 Å². The van der Waals surface area contributed by atoms with Crippen LogP contribution in [0.15, 0.2) is 23.6 Å². The topological polar surface area (TPSA) is 164 Å². The Kier molecular flexibility index (Phi) is 6.61. The number of rotatable bonds is 7. The number of fused-ring (bicyclic) bond motifs is 1. The molecule has 0 fully saturated rings. The Balaban J connectivity index is 2.81. The van der Waals surface area contributed by atoms with Crippen LogP contribution in [0.1, 0.15) is 25.3 Å². The van der Waals surface area contributed by atoms with Crippen molar-refractivity contribution in [3.8, 4) is 17.6 Å². The number of hydrogen-bond donors (Lipinski definition) is 1. The largest absolute Gasteiger partial charge is 0.496 e. The first-order valence-electron chi connectivity index (χ1n) is 8.57. The molecule has 0 saturated heterocycles. The van der Waals surface area contributed by atoms with Crippen molar-refractivity contribution in [2.45, 2.75) is 19.8 Å². The average Bonchev–Trinajstić information content (AvgIpc) is 2.67. The number of carbonyl (C=O) groups is 2. The van der Waals surface area contributed by atoms with Crippen LogP contribution in [0.3, 0.4) is 0 Å². The van der Waals surface area contributed by atoms with Gasteiger partial charge in [0.15, 0.2) is 5.92 Å². The van der Waals surface area contributed by atoms with Gasteiger partial charge in [0.2, 0.25) is 11.6 Å². The van der Waals surface area contributed by atoms with Crippen LogP contribution in [0, 0.1) is 27.4 Å². The first-order chi connectivity index (χ1) is 13.8. The van der Waals surface area contributed by atoms with Crippen molar-refractivity contribution in [1.29, 1.82) is 5.26 Å². The highest BCUT2D eigenvalue weighted by atomic mass is 16.6. The second-order valence-corrected chi connectivity index (χ2v) is 5.76. The molecule has 1 aromatic rings. The number of ether oxygens (including phenoxy) is 4. The lowest BCUT2D eigenvalue weighted by atomic mass is 9.79. The van der Waals surface area contributed by atoms with E-state index in [1.54, 1.807) is 19.9 Å². The Labute approximate surface area is 165 Å². The van der Waals surface area contributed by atoms with Crippen molar-refractivity contribution in [3.05, 3.63) is 39.3 Å². The molecule has 2 atom stereocenters. The van der Waals surface area contributed by atoms with E-state index in [0.29, 0.717) is 0 Å². The second kappa shape index (κ2) is 8.92. The molecule has 2 unspecified atom stereocenters. The van der Waals surface area contributed by atoms with Gasteiger partial charge in [-0.3, -0.25) is 14.9 Å². The summed E-state index contributed by atoms with van der Waals surface area (Å²) in [7, 11) is 1.29. The maximum absolute atomic E-state index is 12.5. The molecule has 1 heterocycles. The molecule has 0 bridgehead atoms. The highest BCUT2D eigenvalue weighted by Crippen LogP contribution is 2.48. The lowest BCUT2D eigenvalue weighted by Gasteiger charge is -2.29. The van der Waals surface area contributed by atoms with Crippen molar-refractivity contribution >= 4 is 17.6 Å². The number of esters is 2. The SMILES string of the molecule is CCOC(=O)C1=C(N)Oc2c(cc(OC)cc2[N+](=O)[O-])C1C(C#N)C(=O)OCC. The van der Waals surface area contributed by atoms with Gasteiger partial charge >= 0.3 is 17.6 Å². The van der Waals surface area contributed by atoms with E-state index in [9.17, 15) is 25.0 Å². The van der Waals surface area contributed by atoms with Gasteiger partial charge in [-0.25, -0.2) is 4.79 Å². The summed E-state index contributed by atoms with van der Waals surface area (Å²) in [6, 6.07) is 4.23. The molecule has 2 N–H and O–H groups in total. The molecule has 1 aromatic carbocycles. The van der Waals surface area contributed by atoms with Gasteiger partial charge in [0.1, 0.15) is 11.3 Å². The normalized spacial score (nSPS) is 16.0. The molecule has 1 aliphatic heterocycles. The molecule has 154 valence electrons. The number of methoxy groups -OCH3 is 1. The Morgan fingerprint density at radius 2 is 2.00 bits per heavy atom. The van der Waals surface area contributed by atoms with Crippen LogP contribution >= 0.6 is 0 Å². The number of carbonyl (C=O) groups excluding carboxylic acids is 2. The average molecular weight is 405 g/mol. The van der Waals surface area contributed by atoms with E-state index in [0.717, 1.165) is 6.07 Å². The van der Waals surface area contributed by atoms with Crippen LogP contribution in [-0.2, 0) is 19.1 Å². The molecule has 11 heteroatoms. The number of nitro groups is 1. The van der Waals surface area contributed by atoms with Crippen LogP contribution in [0.25, 0.3) is 0 Å². The van der Waals surface area contributed by atoms with Crippen LogP contribution < -0.4 is 15.2 Å². The Bertz CT molecular complexity index is 918. The minimum atomic E-state index is -1.54. The van der Waals surface area contributed by atoms with Gasteiger partial charge in [-0.05, 0) is 19.9 Å². The molecule has 2 rings (SSSR count). The van der Waals surface area contributed by atoms with Crippen LogP contribution in [0.5, 0.6) is 11.5 Å². The van der Waals surface area contributed by atoms with Gasteiger partial charge in [-0.2, -0.15) is 5.26 Å². The summed E-state index contributed by atoms with van der Waals surface area (Å²) in [4.78, 5) is 35.7. The molecule has 1 aliphatic rings. The number of nitriles is 1. The Morgan fingerprint density at radius 3 is 2.52 bits per heavy atom. The van der Waals surface area contributed by atoms with E-state index in [1.165, 1.54) is 13.2 Å². The van der Waals surface area contributed by atoms with Gasteiger partial charge in [-0.15, -0.1) is 0 Å². The van der Waals surface area contributed by atoms with E-state index < -0.39 is 40.3 Å². The zero-order valence-electron chi connectivity index (χ0n) is 16.0. The van der Waals surface area contributed by atoms with Gasteiger partial charge in [0, 0.05) is 5.56 Å². The van der Waals surface area contributed by atoms with Gasteiger partial charge in [-0.1, -0.05) is 0 Å². The Morgan fingerprint density at radius 1 is 1.34 bits per heavy atom. The second-order valence-electron chi connectivity index (χ2n) is 5.76. The first-order valence-corrected chi connectivity index (χ1v) is 8.57. The zero-order valence-corrected chi connectivity index (χ0v) is 16.0. The summed E-state index contributed by atoms with van der Waals surface area (Å²) in [6.45, 7) is 3.08. The summed E-state index contributed by atoms with van der Waals surface area (Å²) in [5, 5.41) is 21.2. The Hall–Kier alpha value is -3.81. The third kappa shape index (κ3) is 4.06. The zero-order chi connectivity index (χ0) is 21.7. The molecule has 11 nitrogen and oxygen atoms in total. The van der Waals surface area contributed by atoms with Gasteiger partial charge < -0.3 is 24.7 Å². The molecule has 0 aromatic heterocycles. The lowest BCUT2D eigenvalue weighted by Crippen LogP contribution is -2.34. The van der Waals surface area contributed by atoms with Crippen LogP contribution in [-0.4, -0.2) is 37.2 Å². The fraction of sp³-hybridized carbons (Fsp3) is 0.389. The summed E-state index contributed by atoms with van der Waals surface area (Å²) < 4.78 is 20.4. The highest BCUT2D eigenvalue weighted by Gasteiger charge is 2.45. The summed E-state index contributed by atoms with van der Waals surface area (Å²) in [6.07, 6.45) is 0. The number of nitrogens with zero attached hydrogens (tertiary/aromatic N) is 2. The van der Waals surface area contributed by atoms with Crippen LogP contribution in [0.2, 0.25) is 0 Å². The van der Waals surface area contributed by atoms with Gasteiger partial charge in [0.05, 0.1) is 43.3 Å². The van der Waals surface area contributed by atoms with E-state index in [2.05, 4.69) is 0 Å². The fourth-order valence-electron chi connectivity index (χ4n) is 2.96. The van der Waals surface area contributed by atoms with Crippen molar-refractivity contribution in [3.63, 3.8) is 0 Å². The molecule has 0 spiro atoms. The van der Waals surface area contributed by atoms with Crippen molar-refractivity contribution in [2.24, 2.45) is 11.7 Å². The highest BCUT2D eigenvalue weighted by molar-refractivity contribution is 5.94. The van der Waals surface area contributed by atoms with Crippen LogP contribution in [0.4, 0.5) is 5.69 Å². The predicted molar refractivity (Wildman–Crippen MR) is 96.6 cm³/mol. The summed E-state index contributed by atoms with van der Waals surface area (Å²) >= 11 is 0. The molecular weight excluding hydrogens is 386 g/mol. The maximum atomic E-state index is 12.5. The van der Waals surface area contributed by atoms with Crippen molar-refractivity contribution in [2.75, 3.05) is 20.3 Å². The molecule has 0 aliphatic carbocycles. The first kappa shape index (κ1) is 21.5. The quantitative estimate of drug-likeness (QED) is 0.399. The maximum Gasteiger partial charge on any atom is 0.340 e. The fourth-order valence-corrected chi connectivity index (χ4v) is 2.96. The van der Waals surface area contributed by atoms with E-state index in [1.807, 2.05) is 0 Å². The molecular formula is C18H19N3O8. The smallest absolute Gasteiger partial charge is 0.340 e. The van der Waals surface area contributed by atoms with Crippen molar-refractivity contribution < 1.29 is 33.5 Å². The third-order valence-electron chi connectivity index (χ3n) is 4.14. The monoisotopic (exact) mass is 405 g/mol. The number of hydrogen-bond acceptors (Lipinski definition) is 10. The van der Waals surface area contributed by atoms with Gasteiger partial charge in [0.25, 0.3) is 0 Å². The molecule has 29 heavy (non-hydrogen) atoms. The third-order valence-corrected chi connectivity index (χ3v) is 4.14. The minimum Gasteiger partial charge on any atom is -0.496 e. The van der Waals surface area contributed by atoms with E-state index in [-0.39, 0.29) is 35.8 Å². The van der Waals surface area contributed by atoms with E-state index in [4.69, 9.17) is 24.7 Å². The number of benzene rings is 1. The lowest BCUT2D eigenvalue weighted by molar-refractivity contribution is -0.385. The number of nitro benzene ring substituents is 1. The number of nitrogens with two attached hydrogens (primary N) is 1. The summed E-state index contributed by atoms with van der Waals surface area (Å²) in [5.74, 6) is -5.44. The minimum absolute atomic E-state index is 0.00732. The molecule has 0 amide bonds. The standard InChI is InChI=1S/C18H19N3O8/c1-4-27-17(22)11(8-19)13-10-6-9(26-3)7-12(21(24)25)15(10)29-16(20)14(13)18(23)28-5-2/h6-7,11,13H,4-5,20H2,1-3H3. The predicted octanol–water partition coefficient (Wildman–Crippen LogP) is 1.52. The molecule has 0 radical (unpaired) electrons.